The molecule has 0 heterocycles. The van der Waals surface area contributed by atoms with Crippen molar-refractivity contribution in [2.45, 2.75) is 13.0 Å². The van der Waals surface area contributed by atoms with Gasteiger partial charge in [0.25, 0.3) is 0 Å². The van der Waals surface area contributed by atoms with Crippen LogP contribution < -0.4 is 14.9 Å². The zero-order valence-electron chi connectivity index (χ0n) is 18.1. The third kappa shape index (κ3) is 5.74. The standard InChI is InChI=1S/C27H23FN2O3/c1-32-26-15-20(11-14-25(26)33-18-19-9-12-23(28)13-10-19)17-29-30-27(31)16-22-7-4-6-21-5-2-3-8-24(21)22/h2-15,17H,16,18H2,1H3,(H,30,31). The first-order valence-corrected chi connectivity index (χ1v) is 10.5. The molecular formula is C27H23FN2O3. The van der Waals surface area contributed by atoms with E-state index in [-0.39, 0.29) is 24.8 Å². The van der Waals surface area contributed by atoms with Crippen molar-refractivity contribution in [1.82, 2.24) is 5.43 Å². The molecule has 6 heteroatoms. The number of nitrogens with one attached hydrogen (secondary N) is 1. The van der Waals surface area contributed by atoms with Crippen molar-refractivity contribution in [3.05, 3.63) is 107 Å². The maximum Gasteiger partial charge on any atom is 0.244 e. The van der Waals surface area contributed by atoms with Crippen LogP contribution >= 0.6 is 0 Å². The minimum atomic E-state index is -0.288. The summed E-state index contributed by atoms with van der Waals surface area (Å²) in [6.45, 7) is 0.286. The summed E-state index contributed by atoms with van der Waals surface area (Å²) in [4.78, 5) is 12.4. The molecule has 0 spiro atoms. The van der Waals surface area contributed by atoms with Gasteiger partial charge in [0.1, 0.15) is 12.4 Å². The zero-order valence-corrected chi connectivity index (χ0v) is 18.1. The van der Waals surface area contributed by atoms with E-state index in [9.17, 15) is 9.18 Å². The van der Waals surface area contributed by atoms with E-state index in [4.69, 9.17) is 9.47 Å². The Bertz CT molecular complexity index is 1280. The fraction of sp³-hybridized carbons (Fsp3) is 0.111. The van der Waals surface area contributed by atoms with Gasteiger partial charge in [-0.2, -0.15) is 5.10 Å². The first-order chi connectivity index (χ1) is 16.1. The van der Waals surface area contributed by atoms with Crippen LogP contribution in [0.5, 0.6) is 11.5 Å². The van der Waals surface area contributed by atoms with Gasteiger partial charge in [-0.15, -0.1) is 0 Å². The lowest BCUT2D eigenvalue weighted by molar-refractivity contribution is -0.120. The van der Waals surface area contributed by atoms with E-state index in [1.807, 2.05) is 48.5 Å². The Morgan fingerprint density at radius 1 is 0.970 bits per heavy atom. The first kappa shape index (κ1) is 22.0. The second kappa shape index (κ2) is 10.4. The number of methoxy groups -OCH3 is 1. The normalized spacial score (nSPS) is 11.0. The summed E-state index contributed by atoms with van der Waals surface area (Å²) in [5.74, 6) is 0.597. The molecule has 0 radical (unpaired) electrons. The number of amides is 1. The third-order valence-electron chi connectivity index (χ3n) is 5.13. The van der Waals surface area contributed by atoms with E-state index in [0.717, 1.165) is 27.5 Å². The molecule has 0 bridgehead atoms. The van der Waals surface area contributed by atoms with E-state index in [1.54, 1.807) is 37.6 Å². The molecule has 0 aliphatic rings. The van der Waals surface area contributed by atoms with Crippen LogP contribution in [0.3, 0.4) is 0 Å². The predicted octanol–water partition coefficient (Wildman–Crippen LogP) is 5.26. The molecular weight excluding hydrogens is 419 g/mol. The van der Waals surface area contributed by atoms with Crippen LogP contribution in [0.25, 0.3) is 10.8 Å². The molecule has 1 N–H and O–H groups in total. The molecule has 0 aliphatic carbocycles. The first-order valence-electron chi connectivity index (χ1n) is 10.5. The van der Waals surface area contributed by atoms with Gasteiger partial charge in [0.15, 0.2) is 11.5 Å². The number of hydrazone groups is 1. The summed E-state index contributed by atoms with van der Waals surface area (Å²) >= 11 is 0. The van der Waals surface area contributed by atoms with Crippen molar-refractivity contribution in [2.24, 2.45) is 5.10 Å². The third-order valence-corrected chi connectivity index (χ3v) is 5.13. The topological polar surface area (TPSA) is 59.9 Å². The van der Waals surface area contributed by atoms with Gasteiger partial charge >= 0.3 is 0 Å². The molecule has 4 aromatic rings. The summed E-state index contributed by atoms with van der Waals surface area (Å²) < 4.78 is 24.2. The Balaban J connectivity index is 1.36. The van der Waals surface area contributed by atoms with E-state index in [0.29, 0.717) is 11.5 Å². The fourth-order valence-electron chi connectivity index (χ4n) is 3.46. The smallest absolute Gasteiger partial charge is 0.244 e. The minimum Gasteiger partial charge on any atom is -0.493 e. The highest BCUT2D eigenvalue weighted by atomic mass is 19.1. The van der Waals surface area contributed by atoms with Crippen LogP contribution in [0.1, 0.15) is 16.7 Å². The van der Waals surface area contributed by atoms with Crippen LogP contribution in [-0.2, 0) is 17.8 Å². The Kier molecular flexibility index (Phi) is 6.95. The molecule has 0 saturated heterocycles. The average molecular weight is 442 g/mol. The SMILES string of the molecule is COc1cc(C=NNC(=O)Cc2cccc3ccccc23)ccc1OCc1ccc(F)cc1. The highest BCUT2D eigenvalue weighted by molar-refractivity contribution is 5.90. The Hall–Kier alpha value is -4.19. The van der Waals surface area contributed by atoms with Gasteiger partial charge < -0.3 is 9.47 Å². The van der Waals surface area contributed by atoms with E-state index in [2.05, 4.69) is 10.5 Å². The lowest BCUT2D eigenvalue weighted by Crippen LogP contribution is -2.19. The molecule has 4 rings (SSSR count). The summed E-state index contributed by atoms with van der Waals surface area (Å²) in [5, 5.41) is 6.22. The van der Waals surface area contributed by atoms with E-state index in [1.165, 1.54) is 12.1 Å². The largest absolute Gasteiger partial charge is 0.493 e. The highest BCUT2D eigenvalue weighted by Crippen LogP contribution is 2.28. The molecule has 166 valence electrons. The summed E-state index contributed by atoms with van der Waals surface area (Å²) in [6, 6.07) is 25.3. The minimum absolute atomic E-state index is 0.200. The molecule has 0 atom stereocenters. The van der Waals surface area contributed by atoms with E-state index < -0.39 is 0 Å². The van der Waals surface area contributed by atoms with Gasteiger partial charge in [-0.3, -0.25) is 4.79 Å². The Morgan fingerprint density at radius 3 is 2.58 bits per heavy atom. The number of rotatable bonds is 8. The summed E-state index contributed by atoms with van der Waals surface area (Å²) in [6.07, 6.45) is 1.78. The Morgan fingerprint density at radius 2 is 1.76 bits per heavy atom. The van der Waals surface area contributed by atoms with Gasteiger partial charge in [-0.05, 0) is 57.8 Å². The maximum absolute atomic E-state index is 13.0. The van der Waals surface area contributed by atoms with Gasteiger partial charge in [0, 0.05) is 0 Å². The lowest BCUT2D eigenvalue weighted by atomic mass is 10.0. The highest BCUT2D eigenvalue weighted by Gasteiger charge is 2.08. The molecule has 0 unspecified atom stereocenters. The van der Waals surface area contributed by atoms with Crippen LogP contribution in [-0.4, -0.2) is 19.2 Å². The number of benzene rings is 4. The molecule has 5 nitrogen and oxygen atoms in total. The molecule has 1 amide bonds. The van der Waals surface area contributed by atoms with Gasteiger partial charge in [-0.1, -0.05) is 54.6 Å². The number of ether oxygens (including phenoxy) is 2. The number of hydrogen-bond donors (Lipinski definition) is 1. The van der Waals surface area contributed by atoms with Crippen LogP contribution in [0.2, 0.25) is 0 Å². The van der Waals surface area contributed by atoms with Crippen LogP contribution in [0.15, 0.2) is 90.0 Å². The van der Waals surface area contributed by atoms with Gasteiger partial charge in [-0.25, -0.2) is 9.82 Å². The van der Waals surface area contributed by atoms with Crippen molar-refractivity contribution >= 4 is 22.9 Å². The molecule has 0 fully saturated rings. The zero-order chi connectivity index (χ0) is 23.0. The second-order valence-corrected chi connectivity index (χ2v) is 7.43. The van der Waals surface area contributed by atoms with Crippen molar-refractivity contribution < 1.29 is 18.7 Å². The molecule has 0 saturated carbocycles. The van der Waals surface area contributed by atoms with Crippen molar-refractivity contribution in [1.29, 1.82) is 0 Å². The Labute approximate surface area is 191 Å². The van der Waals surface area contributed by atoms with Gasteiger partial charge in [0.2, 0.25) is 5.91 Å². The van der Waals surface area contributed by atoms with Crippen LogP contribution in [0, 0.1) is 5.82 Å². The second-order valence-electron chi connectivity index (χ2n) is 7.43. The predicted molar refractivity (Wildman–Crippen MR) is 127 cm³/mol. The fourth-order valence-corrected chi connectivity index (χ4v) is 3.46. The van der Waals surface area contributed by atoms with Crippen molar-refractivity contribution in [3.8, 4) is 11.5 Å². The van der Waals surface area contributed by atoms with Crippen molar-refractivity contribution in [3.63, 3.8) is 0 Å². The summed E-state index contributed by atoms with van der Waals surface area (Å²) in [7, 11) is 1.55. The van der Waals surface area contributed by atoms with Crippen molar-refractivity contribution in [2.75, 3.05) is 7.11 Å². The summed E-state index contributed by atoms with van der Waals surface area (Å²) in [5.41, 5.74) is 5.11. The molecule has 0 aromatic heterocycles. The number of fused-ring (bicyclic) bond motifs is 1. The lowest BCUT2D eigenvalue weighted by Gasteiger charge is -2.11. The number of carbonyl (C=O) groups excluding carboxylic acids is 1. The molecule has 33 heavy (non-hydrogen) atoms. The number of carbonyl (C=O) groups is 1. The van der Waals surface area contributed by atoms with E-state index >= 15 is 0 Å². The number of halogens is 1. The molecule has 0 aliphatic heterocycles. The monoisotopic (exact) mass is 442 g/mol. The van der Waals surface area contributed by atoms with Crippen LogP contribution in [0.4, 0.5) is 4.39 Å². The average Bonchev–Trinajstić information content (AvgIpc) is 2.84. The maximum atomic E-state index is 13.0. The quantitative estimate of drug-likeness (QED) is 0.299. The van der Waals surface area contributed by atoms with Gasteiger partial charge in [0.05, 0.1) is 19.7 Å². The number of hydrogen-bond acceptors (Lipinski definition) is 4. The molecule has 4 aromatic carbocycles. The number of nitrogens with zero attached hydrogens (tertiary/aromatic N) is 1.